The molecule has 0 fully saturated rings. The summed E-state index contributed by atoms with van der Waals surface area (Å²) in [4.78, 5) is 11.0. The summed E-state index contributed by atoms with van der Waals surface area (Å²) in [6, 6.07) is 10.2. The smallest absolute Gasteiger partial charge is 0.248 e. The second kappa shape index (κ2) is 6.35. The van der Waals surface area contributed by atoms with Gasteiger partial charge in [-0.25, -0.2) is 0 Å². The van der Waals surface area contributed by atoms with E-state index in [0.717, 1.165) is 5.56 Å². The Morgan fingerprint density at radius 3 is 2.50 bits per heavy atom. The Labute approximate surface area is 131 Å². The third-order valence-electron chi connectivity index (χ3n) is 2.76. The molecular formula is C14H11Cl3N2O. The second-order valence-corrected chi connectivity index (χ2v) is 5.32. The predicted molar refractivity (Wildman–Crippen MR) is 83.8 cm³/mol. The minimum absolute atomic E-state index is 0.375. The summed E-state index contributed by atoms with van der Waals surface area (Å²) in [5.41, 5.74) is 7.11. The van der Waals surface area contributed by atoms with E-state index in [1.165, 1.54) is 0 Å². The number of rotatable bonds is 4. The molecule has 104 valence electrons. The number of amides is 1. The number of benzene rings is 2. The van der Waals surface area contributed by atoms with E-state index in [-0.39, 0.29) is 0 Å². The Morgan fingerprint density at radius 2 is 1.85 bits per heavy atom. The highest BCUT2D eigenvalue weighted by molar-refractivity contribution is 6.43. The third-order valence-corrected chi connectivity index (χ3v) is 3.93. The minimum atomic E-state index is -0.510. The van der Waals surface area contributed by atoms with Crippen molar-refractivity contribution in [2.45, 2.75) is 6.54 Å². The molecule has 0 unspecified atom stereocenters. The number of nitrogens with one attached hydrogen (secondary N) is 1. The van der Waals surface area contributed by atoms with Gasteiger partial charge in [-0.05, 0) is 29.8 Å². The van der Waals surface area contributed by atoms with Crippen molar-refractivity contribution in [2.75, 3.05) is 5.32 Å². The van der Waals surface area contributed by atoms with Crippen molar-refractivity contribution in [2.24, 2.45) is 5.73 Å². The number of halogens is 3. The van der Waals surface area contributed by atoms with E-state index >= 15 is 0 Å². The summed E-state index contributed by atoms with van der Waals surface area (Å²) in [6.07, 6.45) is 0. The van der Waals surface area contributed by atoms with Crippen LogP contribution in [0.4, 0.5) is 5.69 Å². The molecule has 0 heterocycles. The van der Waals surface area contributed by atoms with Crippen LogP contribution in [0.15, 0.2) is 36.4 Å². The zero-order valence-electron chi connectivity index (χ0n) is 10.3. The van der Waals surface area contributed by atoms with E-state index in [4.69, 9.17) is 40.5 Å². The van der Waals surface area contributed by atoms with Gasteiger partial charge in [-0.2, -0.15) is 0 Å². The van der Waals surface area contributed by atoms with Crippen LogP contribution < -0.4 is 11.1 Å². The Hall–Kier alpha value is -1.42. The molecule has 0 spiro atoms. The fourth-order valence-corrected chi connectivity index (χ4v) is 2.29. The minimum Gasteiger partial charge on any atom is -0.380 e. The topological polar surface area (TPSA) is 55.1 Å². The van der Waals surface area contributed by atoms with Crippen molar-refractivity contribution in [3.05, 3.63) is 62.6 Å². The summed E-state index contributed by atoms with van der Waals surface area (Å²) < 4.78 is 0. The van der Waals surface area contributed by atoms with Crippen LogP contribution in [0.3, 0.4) is 0 Å². The van der Waals surface area contributed by atoms with Gasteiger partial charge in [0.1, 0.15) is 0 Å². The molecule has 0 saturated heterocycles. The average Bonchev–Trinajstić information content (AvgIpc) is 2.41. The van der Waals surface area contributed by atoms with Crippen LogP contribution in [0.5, 0.6) is 0 Å². The van der Waals surface area contributed by atoms with Gasteiger partial charge in [-0.1, -0.05) is 46.9 Å². The summed E-state index contributed by atoms with van der Waals surface area (Å²) in [5, 5.41) is 4.54. The summed E-state index contributed by atoms with van der Waals surface area (Å²) in [6.45, 7) is 0.456. The number of nitrogens with two attached hydrogens (primary N) is 1. The number of primary amides is 1. The maximum absolute atomic E-state index is 11.0. The first-order valence-corrected chi connectivity index (χ1v) is 6.88. The maximum atomic E-state index is 11.0. The lowest BCUT2D eigenvalue weighted by atomic mass is 10.1. The Kier molecular flexibility index (Phi) is 4.76. The maximum Gasteiger partial charge on any atom is 0.248 e. The van der Waals surface area contributed by atoms with Gasteiger partial charge >= 0.3 is 0 Å². The highest BCUT2D eigenvalue weighted by atomic mass is 35.5. The van der Waals surface area contributed by atoms with Crippen molar-refractivity contribution < 1.29 is 4.79 Å². The molecular weight excluding hydrogens is 319 g/mol. The van der Waals surface area contributed by atoms with Gasteiger partial charge in [-0.15, -0.1) is 0 Å². The largest absolute Gasteiger partial charge is 0.380 e. The molecule has 3 N–H and O–H groups in total. The number of carbonyl (C=O) groups excluding carboxylic acids is 1. The molecule has 2 aromatic carbocycles. The summed E-state index contributed by atoms with van der Waals surface area (Å²) in [7, 11) is 0. The van der Waals surface area contributed by atoms with Crippen molar-refractivity contribution in [1.82, 2.24) is 0 Å². The van der Waals surface area contributed by atoms with Crippen molar-refractivity contribution >= 4 is 46.4 Å². The fourth-order valence-electron chi connectivity index (χ4n) is 1.67. The molecule has 2 rings (SSSR count). The Morgan fingerprint density at radius 1 is 1.10 bits per heavy atom. The molecule has 0 bridgehead atoms. The molecule has 0 aliphatic rings. The third kappa shape index (κ3) is 3.37. The van der Waals surface area contributed by atoms with Crippen LogP contribution >= 0.6 is 34.8 Å². The molecule has 0 radical (unpaired) electrons. The highest BCUT2D eigenvalue weighted by Gasteiger charge is 2.07. The lowest BCUT2D eigenvalue weighted by Crippen LogP contribution is -2.11. The molecule has 6 heteroatoms. The van der Waals surface area contributed by atoms with Gasteiger partial charge in [0.25, 0.3) is 0 Å². The summed E-state index contributed by atoms with van der Waals surface area (Å²) in [5.74, 6) is -0.510. The molecule has 0 aromatic heterocycles. The van der Waals surface area contributed by atoms with Gasteiger partial charge in [-0.3, -0.25) is 4.79 Å². The standard InChI is InChI=1S/C14H11Cl3N2O/c15-10-2-1-3-12(13(10)17)19-7-9-5-4-8(14(18)20)6-11(9)16/h1-6,19H,7H2,(H2,18,20). The van der Waals surface area contributed by atoms with Crippen molar-refractivity contribution in [3.63, 3.8) is 0 Å². The van der Waals surface area contributed by atoms with Crippen LogP contribution in [0.2, 0.25) is 15.1 Å². The molecule has 20 heavy (non-hydrogen) atoms. The van der Waals surface area contributed by atoms with E-state index in [1.807, 2.05) is 6.07 Å². The highest BCUT2D eigenvalue weighted by Crippen LogP contribution is 2.30. The fraction of sp³-hybridized carbons (Fsp3) is 0.0714. The monoisotopic (exact) mass is 328 g/mol. The van der Waals surface area contributed by atoms with E-state index in [9.17, 15) is 4.79 Å². The van der Waals surface area contributed by atoms with E-state index in [0.29, 0.717) is 32.9 Å². The number of hydrogen-bond donors (Lipinski definition) is 2. The van der Waals surface area contributed by atoms with Crippen LogP contribution in [0.25, 0.3) is 0 Å². The van der Waals surface area contributed by atoms with Gasteiger partial charge in [0.2, 0.25) is 5.91 Å². The quantitative estimate of drug-likeness (QED) is 0.875. The normalized spacial score (nSPS) is 10.3. The van der Waals surface area contributed by atoms with Gasteiger partial charge in [0.05, 0.1) is 15.7 Å². The van der Waals surface area contributed by atoms with Gasteiger partial charge in [0, 0.05) is 17.1 Å². The number of carbonyl (C=O) groups is 1. The van der Waals surface area contributed by atoms with Crippen LogP contribution in [-0.4, -0.2) is 5.91 Å². The number of hydrogen-bond acceptors (Lipinski definition) is 2. The van der Waals surface area contributed by atoms with Crippen LogP contribution in [-0.2, 0) is 6.54 Å². The lowest BCUT2D eigenvalue weighted by molar-refractivity contribution is 0.100. The molecule has 1 amide bonds. The first-order chi connectivity index (χ1) is 9.49. The molecule has 0 aliphatic carbocycles. The zero-order chi connectivity index (χ0) is 14.7. The molecule has 0 aliphatic heterocycles. The van der Waals surface area contributed by atoms with Crippen LogP contribution in [0, 0.1) is 0 Å². The van der Waals surface area contributed by atoms with E-state index < -0.39 is 5.91 Å². The van der Waals surface area contributed by atoms with Crippen molar-refractivity contribution in [1.29, 1.82) is 0 Å². The second-order valence-electron chi connectivity index (χ2n) is 4.13. The van der Waals surface area contributed by atoms with Gasteiger partial charge < -0.3 is 11.1 Å². The number of anilines is 1. The SMILES string of the molecule is NC(=O)c1ccc(CNc2cccc(Cl)c2Cl)c(Cl)c1. The molecule has 0 saturated carbocycles. The van der Waals surface area contributed by atoms with Gasteiger partial charge in [0.15, 0.2) is 0 Å². The zero-order valence-corrected chi connectivity index (χ0v) is 12.6. The van der Waals surface area contributed by atoms with E-state index in [1.54, 1.807) is 30.3 Å². The molecule has 2 aromatic rings. The summed E-state index contributed by atoms with van der Waals surface area (Å²) >= 11 is 18.1. The first kappa shape index (κ1) is 15.0. The van der Waals surface area contributed by atoms with Crippen molar-refractivity contribution in [3.8, 4) is 0 Å². The van der Waals surface area contributed by atoms with E-state index in [2.05, 4.69) is 5.32 Å². The Balaban J connectivity index is 2.15. The average molecular weight is 330 g/mol. The van der Waals surface area contributed by atoms with Crippen LogP contribution in [0.1, 0.15) is 15.9 Å². The Bertz CT molecular complexity index is 659. The first-order valence-electron chi connectivity index (χ1n) is 5.75. The molecule has 3 nitrogen and oxygen atoms in total. The lowest BCUT2D eigenvalue weighted by Gasteiger charge is -2.11. The molecule has 0 atom stereocenters. The predicted octanol–water partition coefficient (Wildman–Crippen LogP) is 4.36.